The Morgan fingerprint density at radius 3 is 2.33 bits per heavy atom. The Hall–Kier alpha value is -1.12. The van der Waals surface area contributed by atoms with E-state index in [1.807, 2.05) is 18.2 Å². The Bertz CT molecular complexity index is 643. The summed E-state index contributed by atoms with van der Waals surface area (Å²) < 4.78 is 18.3. The number of unbranched alkanes of at least 4 members (excludes halogenated alkanes) is 1. The van der Waals surface area contributed by atoms with Gasteiger partial charge in [-0.05, 0) is 60.7 Å². The van der Waals surface area contributed by atoms with Gasteiger partial charge >= 0.3 is 0 Å². The lowest BCUT2D eigenvalue weighted by molar-refractivity contribution is -0.162. The average molecular weight is 430 g/mol. The van der Waals surface area contributed by atoms with E-state index in [0.29, 0.717) is 0 Å². The summed E-state index contributed by atoms with van der Waals surface area (Å²) in [6.07, 6.45) is 6.35. The zero-order valence-electron chi connectivity index (χ0n) is 19.9. The summed E-state index contributed by atoms with van der Waals surface area (Å²) >= 11 is 0. The topological polar surface area (TPSA) is 27.7 Å². The number of hydrogen-bond donors (Lipinski definition) is 0. The number of hydrogen-bond acceptors (Lipinski definition) is 3. The largest absolute Gasteiger partial charge is 0.402 e. The summed E-state index contributed by atoms with van der Waals surface area (Å²) in [5.41, 5.74) is 1.05. The van der Waals surface area contributed by atoms with Crippen LogP contribution in [0.4, 0.5) is 0 Å². The molecule has 1 saturated heterocycles. The van der Waals surface area contributed by atoms with E-state index in [1.54, 1.807) is 0 Å². The Balaban J connectivity index is 1.95. The lowest BCUT2D eigenvalue weighted by Gasteiger charge is -2.39. The van der Waals surface area contributed by atoms with Crippen molar-refractivity contribution in [3.63, 3.8) is 0 Å². The highest BCUT2D eigenvalue weighted by atomic mass is 28.3. The van der Waals surface area contributed by atoms with Crippen LogP contribution in [0.15, 0.2) is 30.3 Å². The molecule has 2 rings (SSSR count). The molecule has 3 nitrogen and oxygen atoms in total. The van der Waals surface area contributed by atoms with Gasteiger partial charge in [0.2, 0.25) is 9.04 Å². The van der Waals surface area contributed by atoms with E-state index in [0.717, 1.165) is 50.9 Å². The molecule has 167 valence electrons. The van der Waals surface area contributed by atoms with Crippen LogP contribution >= 0.6 is 0 Å². The molecular weight excluding hydrogens is 388 g/mol. The zero-order chi connectivity index (χ0) is 22.0. The van der Waals surface area contributed by atoms with Gasteiger partial charge in [0.15, 0.2) is 6.29 Å². The molecule has 0 N–H and O–H groups in total. The molecule has 1 fully saturated rings. The van der Waals surface area contributed by atoms with Crippen LogP contribution in [-0.4, -0.2) is 34.6 Å². The Labute approximate surface area is 186 Å². The first-order valence-corrected chi connectivity index (χ1v) is 12.9. The van der Waals surface area contributed by atoms with Crippen molar-refractivity contribution in [2.45, 2.75) is 103 Å². The standard InChI is InChI=1S/C26H41O3Si/c1-25(2,3)30(26(4,5)6)29-23(19-18-22-14-8-7-9-15-22)16-10-12-20-27-24-17-11-13-21-28-24/h7-9,14-15,23-24H,10-13,16-17,20-21H2,1-6H3. The highest BCUT2D eigenvalue weighted by molar-refractivity contribution is 6.58. The lowest BCUT2D eigenvalue weighted by Crippen LogP contribution is -2.41. The minimum atomic E-state index is -1.09. The van der Waals surface area contributed by atoms with Crippen LogP contribution in [-0.2, 0) is 13.9 Å². The molecule has 2 unspecified atom stereocenters. The highest BCUT2D eigenvalue weighted by Crippen LogP contribution is 2.43. The molecule has 0 aromatic heterocycles. The van der Waals surface area contributed by atoms with Crippen molar-refractivity contribution in [1.82, 2.24) is 0 Å². The van der Waals surface area contributed by atoms with Crippen molar-refractivity contribution >= 4 is 9.04 Å². The second-order valence-electron chi connectivity index (χ2n) is 10.2. The first-order valence-electron chi connectivity index (χ1n) is 11.5. The fraction of sp³-hybridized carbons (Fsp3) is 0.692. The maximum Gasteiger partial charge on any atom is 0.224 e. The molecular formula is C26H41O3Si. The molecule has 0 saturated carbocycles. The molecule has 1 aliphatic rings. The van der Waals surface area contributed by atoms with E-state index in [-0.39, 0.29) is 22.5 Å². The fourth-order valence-corrected chi connectivity index (χ4v) is 7.37. The van der Waals surface area contributed by atoms with Crippen LogP contribution in [0.25, 0.3) is 0 Å². The van der Waals surface area contributed by atoms with Gasteiger partial charge in [-0.1, -0.05) is 71.6 Å². The molecule has 0 amide bonds. The molecule has 1 radical (unpaired) electrons. The molecule has 1 aromatic rings. The summed E-state index contributed by atoms with van der Waals surface area (Å²) in [6, 6.07) is 10.2. The number of rotatable bonds is 8. The van der Waals surface area contributed by atoms with Crippen LogP contribution in [0.2, 0.25) is 10.1 Å². The fourth-order valence-electron chi connectivity index (χ4n) is 3.96. The van der Waals surface area contributed by atoms with Crippen LogP contribution in [0.3, 0.4) is 0 Å². The average Bonchev–Trinajstić information content (AvgIpc) is 2.69. The molecule has 0 spiro atoms. The highest BCUT2D eigenvalue weighted by Gasteiger charge is 2.40. The third kappa shape index (κ3) is 9.35. The zero-order valence-corrected chi connectivity index (χ0v) is 20.9. The maximum atomic E-state index is 6.76. The predicted molar refractivity (Wildman–Crippen MR) is 127 cm³/mol. The van der Waals surface area contributed by atoms with Gasteiger partial charge in [-0.15, -0.1) is 0 Å². The van der Waals surface area contributed by atoms with Crippen molar-refractivity contribution in [1.29, 1.82) is 0 Å². The van der Waals surface area contributed by atoms with Crippen molar-refractivity contribution in [2.24, 2.45) is 0 Å². The van der Waals surface area contributed by atoms with Gasteiger partial charge in [0.1, 0.15) is 6.10 Å². The van der Waals surface area contributed by atoms with Crippen molar-refractivity contribution < 1.29 is 13.9 Å². The van der Waals surface area contributed by atoms with E-state index >= 15 is 0 Å². The first kappa shape index (κ1) is 25.1. The monoisotopic (exact) mass is 429 g/mol. The van der Waals surface area contributed by atoms with Gasteiger partial charge in [0.25, 0.3) is 0 Å². The summed E-state index contributed by atoms with van der Waals surface area (Å²) in [6.45, 7) is 15.4. The van der Waals surface area contributed by atoms with Gasteiger partial charge in [0.05, 0.1) is 0 Å². The lowest BCUT2D eigenvalue weighted by atomic mass is 10.1. The molecule has 1 heterocycles. The third-order valence-corrected chi connectivity index (χ3v) is 8.32. The predicted octanol–water partition coefficient (Wildman–Crippen LogP) is 6.73. The van der Waals surface area contributed by atoms with Gasteiger partial charge in [-0.25, -0.2) is 0 Å². The van der Waals surface area contributed by atoms with Gasteiger partial charge < -0.3 is 13.9 Å². The molecule has 1 aromatic carbocycles. The normalized spacial score (nSPS) is 18.7. The smallest absolute Gasteiger partial charge is 0.224 e. The Morgan fingerprint density at radius 1 is 1.03 bits per heavy atom. The van der Waals surface area contributed by atoms with Crippen LogP contribution in [0, 0.1) is 11.8 Å². The van der Waals surface area contributed by atoms with Crippen molar-refractivity contribution in [2.75, 3.05) is 13.2 Å². The maximum absolute atomic E-state index is 6.76. The second-order valence-corrected chi connectivity index (χ2v) is 14.1. The first-order chi connectivity index (χ1) is 14.2. The quantitative estimate of drug-likeness (QED) is 0.260. The summed E-state index contributed by atoms with van der Waals surface area (Å²) in [5.74, 6) is 6.77. The summed E-state index contributed by atoms with van der Waals surface area (Å²) in [5, 5.41) is 0.300. The van der Waals surface area contributed by atoms with E-state index < -0.39 is 9.04 Å². The van der Waals surface area contributed by atoms with Crippen LogP contribution < -0.4 is 0 Å². The number of ether oxygens (including phenoxy) is 2. The minimum absolute atomic E-state index is 0.000243. The number of benzene rings is 1. The Morgan fingerprint density at radius 2 is 1.73 bits per heavy atom. The van der Waals surface area contributed by atoms with Crippen LogP contribution in [0.1, 0.15) is 85.6 Å². The van der Waals surface area contributed by atoms with E-state index in [2.05, 4.69) is 65.5 Å². The van der Waals surface area contributed by atoms with E-state index in [9.17, 15) is 0 Å². The molecule has 30 heavy (non-hydrogen) atoms. The molecule has 0 aliphatic carbocycles. The van der Waals surface area contributed by atoms with Gasteiger partial charge in [-0.2, -0.15) is 0 Å². The summed E-state index contributed by atoms with van der Waals surface area (Å²) in [4.78, 5) is 0. The second kappa shape index (κ2) is 12.1. The molecule has 2 atom stereocenters. The Kier molecular flexibility index (Phi) is 10.1. The van der Waals surface area contributed by atoms with Gasteiger partial charge in [-0.3, -0.25) is 0 Å². The molecule has 1 aliphatic heterocycles. The van der Waals surface area contributed by atoms with Crippen molar-refractivity contribution in [3.05, 3.63) is 35.9 Å². The summed E-state index contributed by atoms with van der Waals surface area (Å²) in [7, 11) is -1.09. The molecule has 0 bridgehead atoms. The SMILES string of the molecule is CC(C)(C)[Si](OC(C#Cc1ccccc1)CCCCOC1CCCCO1)C(C)(C)C. The molecule has 4 heteroatoms. The van der Waals surface area contributed by atoms with E-state index in [1.165, 1.54) is 6.42 Å². The third-order valence-electron chi connectivity index (χ3n) is 5.08. The van der Waals surface area contributed by atoms with E-state index in [4.69, 9.17) is 13.9 Å². The van der Waals surface area contributed by atoms with Gasteiger partial charge in [0, 0.05) is 18.8 Å². The van der Waals surface area contributed by atoms with Crippen LogP contribution in [0.5, 0.6) is 0 Å². The minimum Gasteiger partial charge on any atom is -0.402 e. The van der Waals surface area contributed by atoms with Crippen molar-refractivity contribution in [3.8, 4) is 11.8 Å².